The smallest absolute Gasteiger partial charge is 0.307 e. The summed E-state index contributed by atoms with van der Waals surface area (Å²) < 4.78 is 7.10. The molecule has 2 heterocycles. The number of carbonyl (C=O) groups excluding carboxylic acids is 1. The minimum atomic E-state index is -0.239. The van der Waals surface area contributed by atoms with Crippen LogP contribution in [-0.2, 0) is 16.6 Å². The van der Waals surface area contributed by atoms with Crippen molar-refractivity contribution in [3.63, 3.8) is 0 Å². The van der Waals surface area contributed by atoms with Gasteiger partial charge in [-0.1, -0.05) is 13.3 Å². The number of hydrogen-bond donors (Lipinski definition) is 1. The van der Waals surface area contributed by atoms with E-state index in [-0.39, 0.29) is 12.0 Å². The molecule has 1 N–H and O–H groups in total. The summed E-state index contributed by atoms with van der Waals surface area (Å²) in [6.45, 7) is 2.07. The number of rotatable bonds is 6. The van der Waals surface area contributed by atoms with Crippen LogP contribution in [0.1, 0.15) is 26.2 Å². The van der Waals surface area contributed by atoms with Crippen molar-refractivity contribution < 1.29 is 9.53 Å². The highest BCUT2D eigenvalue weighted by molar-refractivity contribution is 9.10. The molecular weight excluding hydrogens is 338 g/mol. The summed E-state index contributed by atoms with van der Waals surface area (Å²) in [4.78, 5) is 20.0. The minimum Gasteiger partial charge on any atom is -0.469 e. The van der Waals surface area contributed by atoms with Gasteiger partial charge in [-0.25, -0.2) is 14.6 Å². The van der Waals surface area contributed by atoms with Crippen molar-refractivity contribution in [2.45, 2.75) is 32.2 Å². The monoisotopic (exact) mass is 355 g/mol. The highest BCUT2D eigenvalue weighted by Crippen LogP contribution is 2.27. The van der Waals surface area contributed by atoms with Gasteiger partial charge < -0.3 is 10.1 Å². The average Bonchev–Trinajstić information content (AvgIpc) is 2.75. The number of halogens is 1. The van der Waals surface area contributed by atoms with Gasteiger partial charge in [-0.3, -0.25) is 4.79 Å². The Morgan fingerprint density at radius 3 is 2.95 bits per heavy atom. The lowest BCUT2D eigenvalue weighted by Crippen LogP contribution is -2.24. The van der Waals surface area contributed by atoms with Gasteiger partial charge in [0.1, 0.15) is 16.7 Å². The topological polar surface area (TPSA) is 81.9 Å². The number of fused-ring (bicyclic) bond motifs is 1. The maximum atomic E-state index is 11.5. The second-order valence-electron chi connectivity index (χ2n) is 4.75. The number of nitrogens with one attached hydrogen (secondary N) is 1. The summed E-state index contributed by atoms with van der Waals surface area (Å²) in [7, 11) is 3.22. The summed E-state index contributed by atoms with van der Waals surface area (Å²) >= 11 is 3.42. The first-order chi connectivity index (χ1) is 10.1. The van der Waals surface area contributed by atoms with Gasteiger partial charge in [0, 0.05) is 13.1 Å². The molecule has 1 atom stereocenters. The van der Waals surface area contributed by atoms with E-state index < -0.39 is 0 Å². The van der Waals surface area contributed by atoms with Crippen LogP contribution in [0.15, 0.2) is 10.9 Å². The molecule has 0 spiro atoms. The molecule has 21 heavy (non-hydrogen) atoms. The molecule has 2 rings (SSSR count). The minimum absolute atomic E-state index is 0.0346. The molecule has 0 amide bonds. The Hall–Kier alpha value is -1.70. The summed E-state index contributed by atoms with van der Waals surface area (Å²) in [5, 5.41) is 8.40. The third kappa shape index (κ3) is 3.49. The van der Waals surface area contributed by atoms with Crippen LogP contribution < -0.4 is 5.32 Å². The van der Waals surface area contributed by atoms with E-state index >= 15 is 0 Å². The number of aryl methyl sites for hydroxylation is 1. The van der Waals surface area contributed by atoms with Gasteiger partial charge in [0.05, 0.1) is 18.9 Å². The first kappa shape index (κ1) is 15.7. The van der Waals surface area contributed by atoms with Gasteiger partial charge in [-0.15, -0.1) is 0 Å². The molecule has 8 heteroatoms. The fraction of sp³-hybridized carbons (Fsp3) is 0.538. The van der Waals surface area contributed by atoms with Crippen LogP contribution in [-0.4, -0.2) is 38.9 Å². The van der Waals surface area contributed by atoms with Crippen LogP contribution in [0.5, 0.6) is 0 Å². The Morgan fingerprint density at radius 2 is 2.29 bits per heavy atom. The van der Waals surface area contributed by atoms with Gasteiger partial charge in [0.15, 0.2) is 5.65 Å². The largest absolute Gasteiger partial charge is 0.469 e. The molecule has 0 fully saturated rings. The van der Waals surface area contributed by atoms with Crippen molar-refractivity contribution in [1.82, 2.24) is 19.7 Å². The maximum Gasteiger partial charge on any atom is 0.307 e. The summed E-state index contributed by atoms with van der Waals surface area (Å²) in [6.07, 6.45) is 3.59. The van der Waals surface area contributed by atoms with E-state index in [2.05, 4.69) is 43.2 Å². The number of ether oxygens (including phenoxy) is 1. The number of aromatic nitrogens is 4. The van der Waals surface area contributed by atoms with Gasteiger partial charge in [-0.05, 0) is 22.4 Å². The van der Waals surface area contributed by atoms with Gasteiger partial charge in [0.2, 0.25) is 0 Å². The predicted octanol–water partition coefficient (Wildman–Crippen LogP) is 2.27. The molecule has 0 radical (unpaired) electrons. The Balaban J connectivity index is 2.30. The number of hydrogen-bond acceptors (Lipinski definition) is 6. The van der Waals surface area contributed by atoms with Crippen molar-refractivity contribution in [1.29, 1.82) is 0 Å². The molecule has 0 bridgehead atoms. The van der Waals surface area contributed by atoms with E-state index in [1.54, 1.807) is 4.68 Å². The molecule has 0 aliphatic rings. The zero-order valence-electron chi connectivity index (χ0n) is 12.3. The van der Waals surface area contributed by atoms with E-state index in [1.165, 1.54) is 13.4 Å². The molecule has 1 unspecified atom stereocenters. The molecular formula is C13H18BrN5O2. The lowest BCUT2D eigenvalue weighted by Gasteiger charge is -2.17. The van der Waals surface area contributed by atoms with Gasteiger partial charge >= 0.3 is 5.97 Å². The van der Waals surface area contributed by atoms with Crippen molar-refractivity contribution in [2.24, 2.45) is 7.05 Å². The number of methoxy groups -OCH3 is 1. The molecule has 7 nitrogen and oxygen atoms in total. The van der Waals surface area contributed by atoms with E-state index in [4.69, 9.17) is 4.74 Å². The number of nitrogens with zero attached hydrogens (tertiary/aromatic N) is 4. The fourth-order valence-corrected chi connectivity index (χ4v) is 2.80. The molecule has 0 aromatic carbocycles. The molecule has 2 aromatic rings. The molecule has 2 aromatic heterocycles. The van der Waals surface area contributed by atoms with Crippen molar-refractivity contribution in [3.8, 4) is 0 Å². The van der Waals surface area contributed by atoms with Crippen LogP contribution in [0.2, 0.25) is 0 Å². The third-order valence-electron chi connectivity index (χ3n) is 3.20. The standard InChI is InChI=1S/C13H18BrN5O2/c1-4-5-8(6-9(20)21-3)17-12-10-11(14)18-19(2)13(10)16-7-15-12/h7-8H,4-6H2,1-3H3,(H,15,16,17). The maximum absolute atomic E-state index is 11.5. The van der Waals surface area contributed by atoms with Crippen LogP contribution in [0, 0.1) is 0 Å². The van der Waals surface area contributed by atoms with Gasteiger partial charge in [0.25, 0.3) is 0 Å². The summed E-state index contributed by atoms with van der Waals surface area (Å²) in [6, 6.07) is -0.0346. The van der Waals surface area contributed by atoms with E-state index in [1.807, 2.05) is 7.05 Å². The zero-order valence-corrected chi connectivity index (χ0v) is 13.8. The van der Waals surface area contributed by atoms with Crippen LogP contribution >= 0.6 is 15.9 Å². The van der Waals surface area contributed by atoms with Crippen LogP contribution in [0.4, 0.5) is 5.82 Å². The van der Waals surface area contributed by atoms with Crippen molar-refractivity contribution in [2.75, 3.05) is 12.4 Å². The fourth-order valence-electron chi connectivity index (χ4n) is 2.20. The SMILES string of the molecule is CCCC(CC(=O)OC)Nc1ncnc2c1c(Br)nn2C. The second-order valence-corrected chi connectivity index (χ2v) is 5.50. The van der Waals surface area contributed by atoms with Gasteiger partial charge in [-0.2, -0.15) is 5.10 Å². The van der Waals surface area contributed by atoms with Crippen molar-refractivity contribution >= 4 is 38.8 Å². The van der Waals surface area contributed by atoms with E-state index in [9.17, 15) is 4.79 Å². The van der Waals surface area contributed by atoms with E-state index in [0.29, 0.717) is 16.8 Å². The first-order valence-corrected chi connectivity index (χ1v) is 7.52. The van der Waals surface area contributed by atoms with Crippen molar-refractivity contribution in [3.05, 3.63) is 10.9 Å². The molecule has 0 aliphatic heterocycles. The Bertz CT molecular complexity index is 643. The zero-order chi connectivity index (χ0) is 15.4. The molecule has 0 saturated heterocycles. The normalized spacial score (nSPS) is 12.4. The Morgan fingerprint density at radius 1 is 1.52 bits per heavy atom. The van der Waals surface area contributed by atoms with Crippen LogP contribution in [0.3, 0.4) is 0 Å². The van der Waals surface area contributed by atoms with Crippen LogP contribution in [0.25, 0.3) is 11.0 Å². The highest BCUT2D eigenvalue weighted by Gasteiger charge is 2.18. The summed E-state index contributed by atoms with van der Waals surface area (Å²) in [5.41, 5.74) is 0.729. The van der Waals surface area contributed by atoms with E-state index in [0.717, 1.165) is 23.9 Å². The highest BCUT2D eigenvalue weighted by atomic mass is 79.9. The third-order valence-corrected chi connectivity index (χ3v) is 3.75. The Kier molecular flexibility index (Phi) is 5.11. The first-order valence-electron chi connectivity index (χ1n) is 6.73. The predicted molar refractivity (Wildman–Crippen MR) is 83.0 cm³/mol. The summed E-state index contributed by atoms with van der Waals surface area (Å²) in [5.74, 6) is 0.429. The number of anilines is 1. The second kappa shape index (κ2) is 6.84. The average molecular weight is 356 g/mol. The quantitative estimate of drug-likeness (QED) is 0.800. The Labute approximate surface area is 131 Å². The number of carbonyl (C=O) groups is 1. The number of esters is 1. The lowest BCUT2D eigenvalue weighted by molar-refractivity contribution is -0.140. The molecule has 0 aliphatic carbocycles. The molecule has 0 saturated carbocycles. The lowest BCUT2D eigenvalue weighted by atomic mass is 10.1. The molecule has 114 valence electrons.